The van der Waals surface area contributed by atoms with Crippen molar-refractivity contribution in [3.63, 3.8) is 0 Å². The molecule has 3 rings (SSSR count). The number of hydrogen-bond acceptors (Lipinski definition) is 5. The van der Waals surface area contributed by atoms with Crippen LogP contribution in [0.15, 0.2) is 60.0 Å². The number of carbonyl (C=O) groups is 2. The summed E-state index contributed by atoms with van der Waals surface area (Å²) >= 11 is 2.78. The predicted molar refractivity (Wildman–Crippen MR) is 131 cm³/mol. The highest BCUT2D eigenvalue weighted by Gasteiger charge is 2.08. The Morgan fingerprint density at radius 1 is 0.938 bits per heavy atom. The van der Waals surface area contributed by atoms with E-state index in [0.717, 1.165) is 49.1 Å². The summed E-state index contributed by atoms with van der Waals surface area (Å²) in [6.07, 6.45) is 5.60. The lowest BCUT2D eigenvalue weighted by molar-refractivity contribution is -0.116. The molecule has 0 atom stereocenters. The normalized spacial score (nSPS) is 10.8. The molecule has 0 radical (unpaired) electrons. The molecule has 0 bridgehead atoms. The number of rotatable bonds is 12. The van der Waals surface area contributed by atoms with Crippen molar-refractivity contribution < 1.29 is 14.0 Å². The summed E-state index contributed by atoms with van der Waals surface area (Å²) in [7, 11) is 0. The fraction of sp³-hybridized carbons (Fsp3) is 0.320. The first kappa shape index (κ1) is 24.1. The number of thiazole rings is 1. The Labute approximate surface area is 196 Å². The number of benzene rings is 2. The zero-order valence-corrected chi connectivity index (χ0v) is 19.5. The van der Waals surface area contributed by atoms with Crippen molar-refractivity contribution in [1.82, 2.24) is 4.98 Å². The smallest absolute Gasteiger partial charge is 0.226 e. The lowest BCUT2D eigenvalue weighted by atomic mass is 10.1. The molecule has 0 unspecified atom stereocenters. The summed E-state index contributed by atoms with van der Waals surface area (Å²) in [6, 6.07) is 16.2. The highest BCUT2D eigenvalue weighted by Crippen LogP contribution is 2.25. The molecule has 0 aliphatic carbocycles. The van der Waals surface area contributed by atoms with Gasteiger partial charge in [0, 0.05) is 29.5 Å². The molecular weight excluding hydrogens is 443 g/mol. The van der Waals surface area contributed by atoms with Gasteiger partial charge in [-0.2, -0.15) is 0 Å². The Bertz CT molecular complexity index is 991. The number of unbranched alkanes of at least 4 members (excludes halogenated alkanes) is 3. The SMILES string of the molecule is O=C(CCCCCCSC(=O)CCc1ccccc1)Nc1nc(-c2ccc(F)cc2)cs1. The summed E-state index contributed by atoms with van der Waals surface area (Å²) in [5.41, 5.74) is 2.74. The van der Waals surface area contributed by atoms with Gasteiger partial charge in [0.25, 0.3) is 0 Å². The van der Waals surface area contributed by atoms with E-state index in [4.69, 9.17) is 0 Å². The van der Waals surface area contributed by atoms with E-state index in [1.54, 1.807) is 12.1 Å². The summed E-state index contributed by atoms with van der Waals surface area (Å²) in [5.74, 6) is 0.506. The highest BCUT2D eigenvalue weighted by molar-refractivity contribution is 8.13. The van der Waals surface area contributed by atoms with Gasteiger partial charge in [0.2, 0.25) is 5.91 Å². The minimum Gasteiger partial charge on any atom is -0.302 e. The molecule has 0 aliphatic heterocycles. The van der Waals surface area contributed by atoms with E-state index in [1.807, 2.05) is 35.7 Å². The summed E-state index contributed by atoms with van der Waals surface area (Å²) in [5, 5.41) is 5.48. The maximum Gasteiger partial charge on any atom is 0.226 e. The first-order valence-corrected chi connectivity index (χ1v) is 12.7. The summed E-state index contributed by atoms with van der Waals surface area (Å²) in [4.78, 5) is 28.5. The molecule has 2 aromatic carbocycles. The zero-order valence-electron chi connectivity index (χ0n) is 17.9. The number of nitrogens with zero attached hydrogens (tertiary/aromatic N) is 1. The van der Waals surface area contributed by atoms with Crippen LogP contribution < -0.4 is 5.32 Å². The van der Waals surface area contributed by atoms with Crippen molar-refractivity contribution in [2.24, 2.45) is 0 Å². The number of halogens is 1. The van der Waals surface area contributed by atoms with Crippen LogP contribution in [0.25, 0.3) is 11.3 Å². The zero-order chi connectivity index (χ0) is 22.6. The Morgan fingerprint density at radius 2 is 1.69 bits per heavy atom. The Morgan fingerprint density at radius 3 is 2.47 bits per heavy atom. The van der Waals surface area contributed by atoms with Crippen molar-refractivity contribution in [3.05, 3.63) is 71.4 Å². The molecule has 0 spiro atoms. The number of hydrogen-bond donors (Lipinski definition) is 1. The number of carbonyl (C=O) groups excluding carboxylic acids is 2. The molecule has 7 heteroatoms. The Kier molecular flexibility index (Phi) is 9.91. The van der Waals surface area contributed by atoms with E-state index in [9.17, 15) is 14.0 Å². The average Bonchev–Trinajstić information content (AvgIpc) is 3.26. The van der Waals surface area contributed by atoms with E-state index in [-0.39, 0.29) is 16.8 Å². The van der Waals surface area contributed by atoms with E-state index < -0.39 is 0 Å². The Balaban J connectivity index is 1.23. The number of aryl methyl sites for hydroxylation is 1. The van der Waals surface area contributed by atoms with E-state index >= 15 is 0 Å². The van der Waals surface area contributed by atoms with Crippen LogP contribution in [0.2, 0.25) is 0 Å². The minimum atomic E-state index is -0.286. The fourth-order valence-electron chi connectivity index (χ4n) is 3.16. The van der Waals surface area contributed by atoms with Gasteiger partial charge in [-0.25, -0.2) is 9.37 Å². The number of amides is 1. The van der Waals surface area contributed by atoms with Crippen molar-refractivity contribution in [2.75, 3.05) is 11.1 Å². The third-order valence-electron chi connectivity index (χ3n) is 4.91. The van der Waals surface area contributed by atoms with E-state index in [0.29, 0.717) is 18.0 Å². The largest absolute Gasteiger partial charge is 0.302 e. The third kappa shape index (κ3) is 8.55. The molecule has 0 fully saturated rings. The van der Waals surface area contributed by atoms with Gasteiger partial charge in [-0.3, -0.25) is 9.59 Å². The van der Waals surface area contributed by atoms with Gasteiger partial charge in [-0.15, -0.1) is 11.3 Å². The Hall–Kier alpha value is -2.51. The predicted octanol–water partition coefficient (Wildman–Crippen LogP) is 6.73. The second-order valence-electron chi connectivity index (χ2n) is 7.46. The molecule has 0 aliphatic rings. The molecule has 3 aromatic rings. The first-order valence-electron chi connectivity index (χ1n) is 10.8. The lowest BCUT2D eigenvalue weighted by Gasteiger charge is -2.03. The van der Waals surface area contributed by atoms with Crippen LogP contribution in [0.3, 0.4) is 0 Å². The van der Waals surface area contributed by atoms with Crippen LogP contribution in [-0.2, 0) is 16.0 Å². The number of aromatic nitrogens is 1. The van der Waals surface area contributed by atoms with Gasteiger partial charge in [0.05, 0.1) is 5.69 Å². The molecule has 0 saturated heterocycles. The van der Waals surface area contributed by atoms with Crippen LogP contribution in [0, 0.1) is 5.82 Å². The molecule has 168 valence electrons. The van der Waals surface area contributed by atoms with Gasteiger partial charge in [-0.05, 0) is 49.1 Å². The quantitative estimate of drug-likeness (QED) is 0.298. The third-order valence-corrected chi connectivity index (χ3v) is 6.69. The molecule has 1 heterocycles. The molecule has 1 amide bonds. The average molecular weight is 471 g/mol. The molecule has 32 heavy (non-hydrogen) atoms. The van der Waals surface area contributed by atoms with Crippen molar-refractivity contribution >= 4 is 39.3 Å². The molecular formula is C25H27FN2O2S2. The van der Waals surface area contributed by atoms with Crippen molar-refractivity contribution in [2.45, 2.75) is 44.9 Å². The highest BCUT2D eigenvalue weighted by atomic mass is 32.2. The number of anilines is 1. The number of nitrogens with one attached hydrogen (secondary N) is 1. The summed E-state index contributed by atoms with van der Waals surface area (Å²) < 4.78 is 13.0. The summed E-state index contributed by atoms with van der Waals surface area (Å²) in [6.45, 7) is 0. The molecule has 1 aromatic heterocycles. The molecule has 0 saturated carbocycles. The van der Waals surface area contributed by atoms with Crippen LogP contribution in [0.5, 0.6) is 0 Å². The topological polar surface area (TPSA) is 59.1 Å². The maximum absolute atomic E-state index is 13.0. The van der Waals surface area contributed by atoms with Crippen molar-refractivity contribution in [1.29, 1.82) is 0 Å². The second kappa shape index (κ2) is 13.1. The van der Waals surface area contributed by atoms with Crippen molar-refractivity contribution in [3.8, 4) is 11.3 Å². The minimum absolute atomic E-state index is 0.0459. The standard InChI is InChI=1S/C25H27FN2O2S2/c26-21-14-12-20(13-15-21)22-18-32-25(27-22)28-23(29)10-6-1-2-7-17-31-24(30)16-11-19-8-4-3-5-9-19/h3-5,8-9,12-15,18H,1-2,6-7,10-11,16-17H2,(H,27,28,29). The van der Waals surface area contributed by atoms with Crippen LogP contribution in [0.1, 0.15) is 44.1 Å². The van der Waals surface area contributed by atoms with Gasteiger partial charge in [0.15, 0.2) is 10.2 Å². The first-order chi connectivity index (χ1) is 15.6. The fourth-order valence-corrected chi connectivity index (χ4v) is 4.71. The van der Waals surface area contributed by atoms with Crippen LogP contribution in [0.4, 0.5) is 9.52 Å². The van der Waals surface area contributed by atoms with Crippen LogP contribution >= 0.6 is 23.1 Å². The molecule has 1 N–H and O–H groups in total. The van der Waals surface area contributed by atoms with E-state index in [1.165, 1.54) is 40.8 Å². The van der Waals surface area contributed by atoms with Gasteiger partial charge >= 0.3 is 0 Å². The van der Waals surface area contributed by atoms with Crippen LogP contribution in [-0.4, -0.2) is 21.8 Å². The van der Waals surface area contributed by atoms with Gasteiger partial charge in [0.1, 0.15) is 5.82 Å². The van der Waals surface area contributed by atoms with Gasteiger partial charge in [-0.1, -0.05) is 54.9 Å². The maximum atomic E-state index is 13.0. The lowest BCUT2D eigenvalue weighted by Crippen LogP contribution is -2.10. The number of thioether (sulfide) groups is 1. The second-order valence-corrected chi connectivity index (χ2v) is 9.47. The van der Waals surface area contributed by atoms with Gasteiger partial charge < -0.3 is 5.32 Å². The molecule has 4 nitrogen and oxygen atoms in total. The van der Waals surface area contributed by atoms with E-state index in [2.05, 4.69) is 10.3 Å². The monoisotopic (exact) mass is 470 g/mol.